The Morgan fingerprint density at radius 3 is 2.35 bits per heavy atom. The van der Waals surface area contributed by atoms with Crippen molar-refractivity contribution in [3.63, 3.8) is 0 Å². The summed E-state index contributed by atoms with van der Waals surface area (Å²) in [5.74, 6) is -5.19. The molecule has 0 saturated carbocycles. The van der Waals surface area contributed by atoms with Gasteiger partial charge in [0.25, 0.3) is 5.79 Å². The van der Waals surface area contributed by atoms with Crippen molar-refractivity contribution < 1.29 is 64.7 Å². The molecule has 9 N–H and O–H groups in total. The van der Waals surface area contributed by atoms with Crippen LogP contribution in [0.5, 0.6) is 0 Å². The van der Waals surface area contributed by atoms with Crippen LogP contribution in [0.25, 0.3) is 0 Å². The Balaban J connectivity index is 2.39. The third-order valence-corrected chi connectivity index (χ3v) is 5.27. The molecule has 2 aliphatic heterocycles. The number of carbonyl (C=O) groups excluding carboxylic acids is 1. The van der Waals surface area contributed by atoms with Gasteiger partial charge in [-0.3, -0.25) is 4.79 Å². The van der Waals surface area contributed by atoms with Crippen molar-refractivity contribution >= 4 is 11.9 Å². The van der Waals surface area contributed by atoms with Crippen molar-refractivity contribution in [3.8, 4) is 0 Å². The molecule has 0 bridgehead atoms. The topological polar surface area (TPSA) is 236 Å². The quantitative estimate of drug-likeness (QED) is 0.166. The van der Waals surface area contributed by atoms with Crippen LogP contribution in [0.1, 0.15) is 13.3 Å². The second-order valence-corrected chi connectivity index (χ2v) is 7.57. The predicted molar refractivity (Wildman–Crippen MR) is 96.3 cm³/mol. The van der Waals surface area contributed by atoms with E-state index < -0.39 is 98.8 Å². The largest absolute Gasteiger partial charge is 0.477 e. The molecule has 0 aromatic carbocycles. The number of carboxylic acids is 1. The van der Waals surface area contributed by atoms with E-state index in [0.29, 0.717) is 0 Å². The van der Waals surface area contributed by atoms with Crippen LogP contribution < -0.4 is 5.32 Å². The van der Waals surface area contributed by atoms with E-state index in [-0.39, 0.29) is 0 Å². The summed E-state index contributed by atoms with van der Waals surface area (Å²) < 4.78 is 15.9. The summed E-state index contributed by atoms with van der Waals surface area (Å²) in [7, 11) is 0. The van der Waals surface area contributed by atoms with Crippen LogP contribution in [0.4, 0.5) is 0 Å². The molecule has 0 aromatic rings. The highest BCUT2D eigenvalue weighted by atomic mass is 16.7. The fourth-order valence-electron chi connectivity index (χ4n) is 3.63. The highest BCUT2D eigenvalue weighted by Gasteiger charge is 2.58. The maximum atomic E-state index is 12.1. The van der Waals surface area contributed by atoms with Gasteiger partial charge in [-0.15, -0.1) is 0 Å². The van der Waals surface area contributed by atoms with E-state index in [9.17, 15) is 45.3 Å². The fraction of sp³-hybridized carbons (Fsp3) is 0.882. The van der Waals surface area contributed by atoms with E-state index in [1.807, 2.05) is 0 Å². The van der Waals surface area contributed by atoms with Crippen LogP contribution in [0.2, 0.25) is 0 Å². The Morgan fingerprint density at radius 2 is 1.84 bits per heavy atom. The standard InChI is InChI=1S/C17H29NO13/c1-6(21)18-11-7(22)2-17(16(27)28,31-15(11)12(25)8(23)3-19)30-14-9(24)5-29-10(4-20)13(14)26/h7-15,19-20,22-26H,2-5H2,1H3,(H,18,21)(H,27,28)/t7?,8-,9?,10?,11?,12+,13?,14?,15?,17?/m1/s1. The molecule has 180 valence electrons. The first kappa shape index (κ1) is 25.8. The zero-order valence-corrected chi connectivity index (χ0v) is 16.6. The van der Waals surface area contributed by atoms with Gasteiger partial charge in [-0.05, 0) is 0 Å². The van der Waals surface area contributed by atoms with E-state index in [1.165, 1.54) is 0 Å². The first-order valence-electron chi connectivity index (χ1n) is 9.57. The summed E-state index contributed by atoms with van der Waals surface area (Å²) >= 11 is 0. The SMILES string of the molecule is CC(=O)NC1C(O)CC(OC2C(O)COC(CO)C2O)(C(=O)O)OC1[C@@H](O)[C@H](O)CO. The molecule has 2 fully saturated rings. The van der Waals surface area contributed by atoms with E-state index in [1.54, 1.807) is 0 Å². The van der Waals surface area contributed by atoms with Crippen LogP contribution in [0, 0.1) is 0 Å². The summed E-state index contributed by atoms with van der Waals surface area (Å²) in [5, 5.41) is 81.7. The molecule has 2 aliphatic rings. The second-order valence-electron chi connectivity index (χ2n) is 7.57. The minimum Gasteiger partial charge on any atom is -0.477 e. The lowest BCUT2D eigenvalue weighted by molar-refractivity contribution is -0.347. The molecule has 2 heterocycles. The number of carbonyl (C=O) groups is 2. The van der Waals surface area contributed by atoms with Gasteiger partial charge >= 0.3 is 5.97 Å². The van der Waals surface area contributed by atoms with Crippen molar-refractivity contribution in [1.82, 2.24) is 5.32 Å². The van der Waals surface area contributed by atoms with Gasteiger partial charge in [-0.25, -0.2) is 4.79 Å². The molecule has 31 heavy (non-hydrogen) atoms. The zero-order chi connectivity index (χ0) is 23.5. The predicted octanol–water partition coefficient (Wildman–Crippen LogP) is -5.37. The first-order chi connectivity index (χ1) is 14.5. The number of carboxylic acid groups (broad SMARTS) is 1. The van der Waals surface area contributed by atoms with Crippen LogP contribution in [0.3, 0.4) is 0 Å². The van der Waals surface area contributed by atoms with Gasteiger partial charge in [0.15, 0.2) is 0 Å². The maximum absolute atomic E-state index is 12.1. The number of rotatable bonds is 8. The second kappa shape index (κ2) is 10.4. The lowest BCUT2D eigenvalue weighted by Gasteiger charge is -2.49. The zero-order valence-electron chi connectivity index (χ0n) is 16.6. The van der Waals surface area contributed by atoms with E-state index in [2.05, 4.69) is 5.32 Å². The number of aliphatic carboxylic acids is 1. The molecule has 14 heteroatoms. The third kappa shape index (κ3) is 5.48. The highest BCUT2D eigenvalue weighted by molar-refractivity contribution is 5.76. The Bertz CT molecular complexity index is 635. The van der Waals surface area contributed by atoms with Crippen LogP contribution in [0.15, 0.2) is 0 Å². The number of hydrogen-bond acceptors (Lipinski definition) is 12. The Labute approximate surface area is 176 Å². The fourth-order valence-corrected chi connectivity index (χ4v) is 3.63. The van der Waals surface area contributed by atoms with Gasteiger partial charge in [0, 0.05) is 13.3 Å². The van der Waals surface area contributed by atoms with Crippen LogP contribution in [-0.2, 0) is 23.8 Å². The summed E-state index contributed by atoms with van der Waals surface area (Å²) in [6.07, 6.45) is -14.1. The molecular formula is C17H29NO13. The van der Waals surface area contributed by atoms with Crippen molar-refractivity contribution in [2.24, 2.45) is 0 Å². The number of amides is 1. The highest BCUT2D eigenvalue weighted by Crippen LogP contribution is 2.36. The number of aliphatic hydroxyl groups excluding tert-OH is 7. The molecular weight excluding hydrogens is 426 g/mol. The average molecular weight is 455 g/mol. The van der Waals surface area contributed by atoms with Crippen molar-refractivity contribution in [3.05, 3.63) is 0 Å². The van der Waals surface area contributed by atoms with E-state index in [4.69, 9.17) is 19.3 Å². The summed E-state index contributed by atoms with van der Waals surface area (Å²) in [4.78, 5) is 23.6. The Kier molecular flexibility index (Phi) is 8.69. The van der Waals surface area contributed by atoms with Gasteiger partial charge in [-0.1, -0.05) is 0 Å². The maximum Gasteiger partial charge on any atom is 0.364 e. The average Bonchev–Trinajstić information content (AvgIpc) is 2.71. The molecule has 0 aromatic heterocycles. The molecule has 0 spiro atoms. The minimum absolute atomic E-state index is 0.408. The van der Waals surface area contributed by atoms with Gasteiger partial charge in [-0.2, -0.15) is 0 Å². The lowest BCUT2D eigenvalue weighted by atomic mass is 9.88. The summed E-state index contributed by atoms with van der Waals surface area (Å²) in [5.41, 5.74) is 0. The van der Waals surface area contributed by atoms with Gasteiger partial charge < -0.3 is 60.4 Å². The third-order valence-electron chi connectivity index (χ3n) is 5.27. The van der Waals surface area contributed by atoms with Crippen molar-refractivity contribution in [2.45, 2.75) is 74.0 Å². The number of ether oxygens (including phenoxy) is 3. The molecule has 0 radical (unpaired) electrons. The van der Waals surface area contributed by atoms with Gasteiger partial charge in [0.05, 0.1) is 32.0 Å². The van der Waals surface area contributed by atoms with Gasteiger partial charge in [0.2, 0.25) is 5.91 Å². The van der Waals surface area contributed by atoms with E-state index >= 15 is 0 Å². The molecule has 8 unspecified atom stereocenters. The minimum atomic E-state index is -2.74. The summed E-state index contributed by atoms with van der Waals surface area (Å²) in [6.45, 7) is -0.917. The number of nitrogens with one attached hydrogen (secondary N) is 1. The van der Waals surface area contributed by atoms with Crippen LogP contribution >= 0.6 is 0 Å². The molecule has 2 rings (SSSR count). The Hall–Kier alpha value is -1.46. The van der Waals surface area contributed by atoms with Crippen molar-refractivity contribution in [2.75, 3.05) is 19.8 Å². The number of aliphatic hydroxyl groups is 7. The van der Waals surface area contributed by atoms with E-state index in [0.717, 1.165) is 6.92 Å². The number of hydrogen-bond donors (Lipinski definition) is 9. The normalized spacial score (nSPS) is 40.7. The molecule has 1 amide bonds. The first-order valence-corrected chi connectivity index (χ1v) is 9.57. The smallest absolute Gasteiger partial charge is 0.364 e. The molecule has 2 saturated heterocycles. The Morgan fingerprint density at radius 1 is 1.19 bits per heavy atom. The summed E-state index contributed by atoms with van der Waals surface area (Å²) in [6, 6.07) is -1.39. The molecule has 0 aliphatic carbocycles. The monoisotopic (exact) mass is 455 g/mol. The molecule has 14 nitrogen and oxygen atoms in total. The molecule has 10 atom stereocenters. The van der Waals surface area contributed by atoms with Crippen molar-refractivity contribution in [1.29, 1.82) is 0 Å². The van der Waals surface area contributed by atoms with Crippen LogP contribution in [-0.4, -0.2) is 133 Å². The lowest BCUT2D eigenvalue weighted by Crippen LogP contribution is -2.69. The van der Waals surface area contributed by atoms with Gasteiger partial charge in [0.1, 0.15) is 42.7 Å².